The molecule has 20 heavy (non-hydrogen) atoms. The van der Waals surface area contributed by atoms with E-state index < -0.39 is 0 Å². The number of rotatable bonds is 6. The number of methoxy groups -OCH3 is 1. The number of nitrogens with zero attached hydrogens (tertiary/aromatic N) is 1. The van der Waals surface area contributed by atoms with Crippen LogP contribution in [0.3, 0.4) is 0 Å². The summed E-state index contributed by atoms with van der Waals surface area (Å²) in [5, 5.41) is 11.4. The second-order valence-electron chi connectivity index (χ2n) is 4.18. The van der Waals surface area contributed by atoms with Crippen molar-refractivity contribution in [2.45, 2.75) is 6.92 Å². The highest BCUT2D eigenvalue weighted by Gasteiger charge is 2.13. The second-order valence-corrected chi connectivity index (χ2v) is 5.21. The molecule has 5 nitrogen and oxygen atoms in total. The second kappa shape index (κ2) is 8.23. The maximum absolute atomic E-state index is 11.7. The zero-order chi connectivity index (χ0) is 15.0. The molecule has 1 rings (SSSR count). The molecule has 6 heteroatoms. The summed E-state index contributed by atoms with van der Waals surface area (Å²) < 4.78 is 4.61. The van der Waals surface area contributed by atoms with Gasteiger partial charge in [0.1, 0.15) is 0 Å². The predicted octanol–water partition coefficient (Wildman–Crippen LogP) is 2.04. The van der Waals surface area contributed by atoms with Crippen LogP contribution in [0.25, 0.3) is 0 Å². The average Bonchev–Trinajstić information content (AvgIpc) is 2.47. The molecule has 0 aliphatic carbocycles. The summed E-state index contributed by atoms with van der Waals surface area (Å²) in [6.45, 7) is 1.76. The van der Waals surface area contributed by atoms with Gasteiger partial charge in [0.15, 0.2) is 0 Å². The standard InChI is InChI=1S/C14H16N2O3S/c1-10(14(18)19-2)8-20-9-13(17)16-12-5-3-11(7-15)4-6-12/h3-6,10H,8-9H2,1-2H3,(H,16,17). The Bertz CT molecular complexity index is 508. The number of hydrogen-bond acceptors (Lipinski definition) is 5. The number of thioether (sulfide) groups is 1. The van der Waals surface area contributed by atoms with Gasteiger partial charge in [-0.2, -0.15) is 17.0 Å². The smallest absolute Gasteiger partial charge is 0.309 e. The lowest BCUT2D eigenvalue weighted by Crippen LogP contribution is -2.18. The van der Waals surface area contributed by atoms with E-state index in [9.17, 15) is 9.59 Å². The number of benzene rings is 1. The van der Waals surface area contributed by atoms with Crippen LogP contribution >= 0.6 is 11.8 Å². The summed E-state index contributed by atoms with van der Waals surface area (Å²) in [6.07, 6.45) is 0. The highest BCUT2D eigenvalue weighted by Crippen LogP contribution is 2.12. The van der Waals surface area contributed by atoms with Crippen molar-refractivity contribution in [3.63, 3.8) is 0 Å². The highest BCUT2D eigenvalue weighted by atomic mass is 32.2. The van der Waals surface area contributed by atoms with Gasteiger partial charge in [-0.3, -0.25) is 9.59 Å². The molecule has 0 saturated heterocycles. The third kappa shape index (κ3) is 5.33. The number of hydrogen-bond donors (Lipinski definition) is 1. The molecule has 1 aromatic rings. The molecule has 0 bridgehead atoms. The molecule has 1 unspecified atom stereocenters. The number of ether oxygens (including phenoxy) is 1. The van der Waals surface area contributed by atoms with Gasteiger partial charge >= 0.3 is 5.97 Å². The molecule has 0 heterocycles. The minimum absolute atomic E-state index is 0.142. The van der Waals surface area contributed by atoms with Gasteiger partial charge in [-0.15, -0.1) is 0 Å². The van der Waals surface area contributed by atoms with Gasteiger partial charge in [0.05, 0.1) is 30.4 Å². The average molecular weight is 292 g/mol. The van der Waals surface area contributed by atoms with Crippen molar-refractivity contribution >= 4 is 29.3 Å². The van der Waals surface area contributed by atoms with E-state index in [-0.39, 0.29) is 23.5 Å². The molecule has 0 aromatic heterocycles. The molecule has 0 saturated carbocycles. The van der Waals surface area contributed by atoms with Crippen molar-refractivity contribution < 1.29 is 14.3 Å². The van der Waals surface area contributed by atoms with E-state index in [4.69, 9.17) is 5.26 Å². The lowest BCUT2D eigenvalue weighted by Gasteiger charge is -2.09. The predicted molar refractivity (Wildman–Crippen MR) is 78.3 cm³/mol. The summed E-state index contributed by atoms with van der Waals surface area (Å²) in [4.78, 5) is 22.9. The van der Waals surface area contributed by atoms with Crippen molar-refractivity contribution in [1.82, 2.24) is 0 Å². The summed E-state index contributed by atoms with van der Waals surface area (Å²) in [7, 11) is 1.35. The molecule has 1 aromatic carbocycles. The normalized spacial score (nSPS) is 11.2. The van der Waals surface area contributed by atoms with Crippen LogP contribution in [0.1, 0.15) is 12.5 Å². The van der Waals surface area contributed by atoms with E-state index >= 15 is 0 Å². The van der Waals surface area contributed by atoms with Crippen LogP contribution < -0.4 is 5.32 Å². The lowest BCUT2D eigenvalue weighted by atomic mass is 10.2. The molecule has 0 aliphatic rings. The fourth-order valence-electron chi connectivity index (χ4n) is 1.42. The van der Waals surface area contributed by atoms with Gasteiger partial charge in [-0.1, -0.05) is 6.92 Å². The maximum Gasteiger partial charge on any atom is 0.309 e. The molecule has 1 atom stereocenters. The third-order valence-corrected chi connectivity index (χ3v) is 3.70. The van der Waals surface area contributed by atoms with E-state index in [1.807, 2.05) is 6.07 Å². The van der Waals surface area contributed by atoms with E-state index in [1.54, 1.807) is 31.2 Å². The Morgan fingerprint density at radius 3 is 2.60 bits per heavy atom. The maximum atomic E-state index is 11.7. The first-order chi connectivity index (χ1) is 9.56. The van der Waals surface area contributed by atoms with Crippen LogP contribution in [-0.4, -0.2) is 30.5 Å². The Balaban J connectivity index is 2.33. The number of carbonyl (C=O) groups excluding carboxylic acids is 2. The van der Waals surface area contributed by atoms with E-state index in [0.717, 1.165) is 0 Å². The first-order valence-corrected chi connectivity index (χ1v) is 7.18. The Morgan fingerprint density at radius 2 is 2.05 bits per heavy atom. The molecule has 0 fully saturated rings. The SMILES string of the molecule is COC(=O)C(C)CSCC(=O)Nc1ccc(C#N)cc1. The lowest BCUT2D eigenvalue weighted by molar-refractivity contribution is -0.144. The number of nitrogens with one attached hydrogen (secondary N) is 1. The van der Waals surface area contributed by atoms with E-state index in [0.29, 0.717) is 17.0 Å². The summed E-state index contributed by atoms with van der Waals surface area (Å²) in [5.41, 5.74) is 1.19. The Labute approximate surface area is 122 Å². The van der Waals surface area contributed by atoms with Crippen molar-refractivity contribution in [2.75, 3.05) is 23.9 Å². The summed E-state index contributed by atoms with van der Waals surface area (Å²) in [5.74, 6) is 0.156. The first-order valence-electron chi connectivity index (χ1n) is 6.02. The number of amides is 1. The molecule has 1 N–H and O–H groups in total. The minimum atomic E-state index is -0.273. The highest BCUT2D eigenvalue weighted by molar-refractivity contribution is 8.00. The van der Waals surface area contributed by atoms with Gasteiger partial charge in [-0.05, 0) is 24.3 Å². The molecule has 0 radical (unpaired) electrons. The summed E-state index contributed by atoms with van der Waals surface area (Å²) >= 11 is 1.37. The molecular weight excluding hydrogens is 276 g/mol. The third-order valence-electron chi connectivity index (χ3n) is 2.50. The minimum Gasteiger partial charge on any atom is -0.469 e. The van der Waals surface area contributed by atoms with Crippen molar-refractivity contribution in [3.05, 3.63) is 29.8 Å². The Morgan fingerprint density at radius 1 is 1.40 bits per heavy atom. The van der Waals surface area contributed by atoms with Crippen LogP contribution in [0.2, 0.25) is 0 Å². The van der Waals surface area contributed by atoms with Gasteiger partial charge in [0.2, 0.25) is 5.91 Å². The molecule has 106 valence electrons. The largest absolute Gasteiger partial charge is 0.469 e. The number of anilines is 1. The van der Waals surface area contributed by atoms with Crippen LogP contribution in [-0.2, 0) is 14.3 Å². The molecule has 1 amide bonds. The number of nitriles is 1. The Kier molecular flexibility index (Phi) is 6.60. The van der Waals surface area contributed by atoms with Crippen LogP contribution in [0, 0.1) is 17.2 Å². The fourth-order valence-corrected chi connectivity index (χ4v) is 2.29. The Hall–Kier alpha value is -2.00. The molecule has 0 aliphatic heterocycles. The monoisotopic (exact) mass is 292 g/mol. The molecular formula is C14H16N2O3S. The number of esters is 1. The van der Waals surface area contributed by atoms with Gasteiger partial charge in [0, 0.05) is 11.4 Å². The van der Waals surface area contributed by atoms with E-state index in [1.165, 1.54) is 18.9 Å². The van der Waals surface area contributed by atoms with E-state index in [2.05, 4.69) is 10.1 Å². The molecule has 0 spiro atoms. The topological polar surface area (TPSA) is 79.2 Å². The van der Waals surface area contributed by atoms with Crippen molar-refractivity contribution in [2.24, 2.45) is 5.92 Å². The number of carbonyl (C=O) groups is 2. The van der Waals surface area contributed by atoms with Crippen LogP contribution in [0.4, 0.5) is 5.69 Å². The van der Waals surface area contributed by atoms with Gasteiger partial charge in [-0.25, -0.2) is 0 Å². The van der Waals surface area contributed by atoms with Crippen molar-refractivity contribution in [1.29, 1.82) is 5.26 Å². The van der Waals surface area contributed by atoms with Gasteiger partial charge < -0.3 is 10.1 Å². The van der Waals surface area contributed by atoms with Crippen LogP contribution in [0.15, 0.2) is 24.3 Å². The zero-order valence-electron chi connectivity index (χ0n) is 11.4. The first kappa shape index (κ1) is 16.1. The zero-order valence-corrected chi connectivity index (χ0v) is 12.2. The van der Waals surface area contributed by atoms with Crippen molar-refractivity contribution in [3.8, 4) is 6.07 Å². The van der Waals surface area contributed by atoms with Crippen LogP contribution in [0.5, 0.6) is 0 Å². The van der Waals surface area contributed by atoms with Gasteiger partial charge in [0.25, 0.3) is 0 Å². The summed E-state index contributed by atoms with van der Waals surface area (Å²) in [6, 6.07) is 8.65. The fraction of sp³-hybridized carbons (Fsp3) is 0.357. The quantitative estimate of drug-likeness (QED) is 0.812.